The smallest absolute Gasteiger partial charge is 0.308 e. The predicted octanol–water partition coefficient (Wildman–Crippen LogP) is 1.20. The molecule has 1 aromatic rings. The molecule has 0 aromatic heterocycles. The number of fused-ring (bicyclic) bond motifs is 1. The Labute approximate surface area is 123 Å². The maximum atomic E-state index is 12.7. The summed E-state index contributed by atoms with van der Waals surface area (Å²) in [6.07, 6.45) is 0.479. The van der Waals surface area contributed by atoms with Crippen molar-refractivity contribution in [3.8, 4) is 0 Å². The third-order valence-electron chi connectivity index (χ3n) is 4.27. The SMILES string of the molecule is CC(C(=O)N1CC(C(=O)O)Cc2ccccc21)=C1CNC1. The van der Waals surface area contributed by atoms with Crippen LogP contribution in [0, 0.1) is 5.92 Å². The van der Waals surface area contributed by atoms with E-state index in [1.165, 1.54) is 0 Å². The maximum Gasteiger partial charge on any atom is 0.308 e. The Morgan fingerprint density at radius 1 is 1.29 bits per heavy atom. The summed E-state index contributed by atoms with van der Waals surface area (Å²) in [7, 11) is 0. The van der Waals surface area contributed by atoms with Gasteiger partial charge in [-0.15, -0.1) is 0 Å². The number of carbonyl (C=O) groups is 2. The Morgan fingerprint density at radius 3 is 2.62 bits per heavy atom. The molecule has 5 heteroatoms. The quantitative estimate of drug-likeness (QED) is 0.801. The Hall–Kier alpha value is -2.14. The highest BCUT2D eigenvalue weighted by Gasteiger charge is 2.33. The molecule has 2 aliphatic heterocycles. The van der Waals surface area contributed by atoms with Gasteiger partial charge in [0, 0.05) is 30.9 Å². The molecule has 1 saturated heterocycles. The fourth-order valence-electron chi connectivity index (χ4n) is 2.82. The van der Waals surface area contributed by atoms with Gasteiger partial charge < -0.3 is 15.3 Å². The number of nitrogens with zero attached hydrogens (tertiary/aromatic N) is 1. The number of anilines is 1. The van der Waals surface area contributed by atoms with E-state index in [0.29, 0.717) is 6.42 Å². The van der Waals surface area contributed by atoms with E-state index in [1.54, 1.807) is 4.90 Å². The van der Waals surface area contributed by atoms with Crippen LogP contribution in [0.2, 0.25) is 0 Å². The summed E-state index contributed by atoms with van der Waals surface area (Å²) in [5.41, 5.74) is 3.60. The Bertz CT molecular complexity index is 630. The van der Waals surface area contributed by atoms with Gasteiger partial charge in [-0.1, -0.05) is 18.2 Å². The van der Waals surface area contributed by atoms with Crippen LogP contribution < -0.4 is 10.2 Å². The zero-order valence-electron chi connectivity index (χ0n) is 11.9. The summed E-state index contributed by atoms with van der Waals surface area (Å²) in [6, 6.07) is 7.56. The molecule has 0 spiro atoms. The first-order valence-corrected chi connectivity index (χ1v) is 7.10. The fraction of sp³-hybridized carbons (Fsp3) is 0.375. The lowest BCUT2D eigenvalue weighted by Crippen LogP contribution is -2.44. The van der Waals surface area contributed by atoms with E-state index in [4.69, 9.17) is 0 Å². The number of nitrogens with one attached hydrogen (secondary N) is 1. The second kappa shape index (κ2) is 5.33. The highest BCUT2D eigenvalue weighted by atomic mass is 16.4. The molecular formula is C16H18N2O3. The third-order valence-corrected chi connectivity index (χ3v) is 4.27. The molecule has 0 saturated carbocycles. The summed E-state index contributed by atoms with van der Waals surface area (Å²) < 4.78 is 0. The lowest BCUT2D eigenvalue weighted by Gasteiger charge is -2.34. The first-order valence-electron chi connectivity index (χ1n) is 7.10. The van der Waals surface area contributed by atoms with E-state index >= 15 is 0 Å². The monoisotopic (exact) mass is 286 g/mol. The average Bonchev–Trinajstić information content (AvgIpc) is 2.43. The van der Waals surface area contributed by atoms with Crippen LogP contribution in [0.5, 0.6) is 0 Å². The zero-order valence-corrected chi connectivity index (χ0v) is 11.9. The molecule has 1 amide bonds. The summed E-state index contributed by atoms with van der Waals surface area (Å²) in [5, 5.41) is 12.4. The van der Waals surface area contributed by atoms with Crippen LogP contribution >= 0.6 is 0 Å². The van der Waals surface area contributed by atoms with Gasteiger partial charge in [0.1, 0.15) is 0 Å². The number of benzene rings is 1. The van der Waals surface area contributed by atoms with Crippen molar-refractivity contribution in [1.82, 2.24) is 5.32 Å². The number of carboxylic acid groups (broad SMARTS) is 1. The molecule has 1 aromatic carbocycles. The molecule has 2 heterocycles. The largest absolute Gasteiger partial charge is 0.481 e. The van der Waals surface area contributed by atoms with E-state index in [9.17, 15) is 14.7 Å². The van der Waals surface area contributed by atoms with Crippen molar-refractivity contribution in [2.24, 2.45) is 5.92 Å². The second-order valence-corrected chi connectivity index (χ2v) is 5.62. The zero-order chi connectivity index (χ0) is 15.0. The minimum Gasteiger partial charge on any atom is -0.481 e. The summed E-state index contributed by atoms with van der Waals surface area (Å²) >= 11 is 0. The Kier molecular flexibility index (Phi) is 3.51. The van der Waals surface area contributed by atoms with E-state index < -0.39 is 11.9 Å². The van der Waals surface area contributed by atoms with E-state index in [0.717, 1.165) is 35.5 Å². The molecule has 3 rings (SSSR count). The lowest BCUT2D eigenvalue weighted by molar-refractivity contribution is -0.141. The summed E-state index contributed by atoms with van der Waals surface area (Å²) in [6.45, 7) is 3.56. The number of carbonyl (C=O) groups excluding carboxylic acids is 1. The number of aliphatic carboxylic acids is 1. The van der Waals surface area contributed by atoms with Crippen molar-refractivity contribution in [2.45, 2.75) is 13.3 Å². The third kappa shape index (κ3) is 2.45. The summed E-state index contributed by atoms with van der Waals surface area (Å²) in [5.74, 6) is -1.47. The minimum atomic E-state index is -0.849. The molecule has 1 atom stereocenters. The van der Waals surface area contributed by atoms with E-state index in [-0.39, 0.29) is 12.5 Å². The minimum absolute atomic E-state index is 0.0788. The molecule has 0 bridgehead atoms. The highest BCUT2D eigenvalue weighted by Crippen LogP contribution is 2.31. The topological polar surface area (TPSA) is 69.6 Å². The van der Waals surface area contributed by atoms with Crippen molar-refractivity contribution in [2.75, 3.05) is 24.5 Å². The number of para-hydroxylation sites is 1. The molecule has 2 aliphatic rings. The molecule has 5 nitrogen and oxygen atoms in total. The highest BCUT2D eigenvalue weighted by molar-refractivity contribution is 6.07. The van der Waals surface area contributed by atoms with Gasteiger partial charge in [0.25, 0.3) is 5.91 Å². The number of hydrogen-bond acceptors (Lipinski definition) is 3. The molecular weight excluding hydrogens is 268 g/mol. The lowest BCUT2D eigenvalue weighted by atomic mass is 9.91. The Morgan fingerprint density at radius 2 is 2.00 bits per heavy atom. The molecule has 0 aliphatic carbocycles. The van der Waals surface area contributed by atoms with Crippen molar-refractivity contribution >= 4 is 17.6 Å². The van der Waals surface area contributed by atoms with Gasteiger partial charge in [0.2, 0.25) is 0 Å². The average molecular weight is 286 g/mol. The van der Waals surface area contributed by atoms with Crippen molar-refractivity contribution in [3.63, 3.8) is 0 Å². The number of carboxylic acids is 1. The molecule has 0 radical (unpaired) electrons. The first kappa shape index (κ1) is 13.8. The molecule has 1 fully saturated rings. The number of hydrogen-bond donors (Lipinski definition) is 2. The van der Waals surface area contributed by atoms with Gasteiger partial charge in [-0.25, -0.2) is 0 Å². The summed E-state index contributed by atoms with van der Waals surface area (Å²) in [4.78, 5) is 25.7. The first-order chi connectivity index (χ1) is 10.1. The Balaban J connectivity index is 1.96. The molecule has 110 valence electrons. The van der Waals surface area contributed by atoms with Crippen molar-refractivity contribution < 1.29 is 14.7 Å². The second-order valence-electron chi connectivity index (χ2n) is 5.62. The van der Waals surface area contributed by atoms with E-state index in [1.807, 2.05) is 31.2 Å². The number of amides is 1. The molecule has 2 N–H and O–H groups in total. The molecule has 21 heavy (non-hydrogen) atoms. The van der Waals surface area contributed by atoms with Crippen molar-refractivity contribution in [1.29, 1.82) is 0 Å². The fourth-order valence-corrected chi connectivity index (χ4v) is 2.82. The van der Waals surface area contributed by atoms with Crippen LogP contribution in [0.3, 0.4) is 0 Å². The van der Waals surface area contributed by atoms with Gasteiger partial charge >= 0.3 is 5.97 Å². The number of rotatable bonds is 2. The normalized spacial score (nSPS) is 20.5. The predicted molar refractivity (Wildman–Crippen MR) is 79.2 cm³/mol. The van der Waals surface area contributed by atoms with Gasteiger partial charge in [0.15, 0.2) is 0 Å². The molecule has 1 unspecified atom stereocenters. The van der Waals surface area contributed by atoms with Gasteiger partial charge in [-0.3, -0.25) is 9.59 Å². The van der Waals surface area contributed by atoms with Crippen molar-refractivity contribution in [3.05, 3.63) is 41.0 Å². The van der Waals surface area contributed by atoms with Crippen LogP contribution in [0.25, 0.3) is 0 Å². The van der Waals surface area contributed by atoms with Crippen LogP contribution in [-0.2, 0) is 16.0 Å². The van der Waals surface area contributed by atoms with Crippen LogP contribution in [0.4, 0.5) is 5.69 Å². The van der Waals surface area contributed by atoms with Gasteiger partial charge in [0.05, 0.1) is 5.92 Å². The van der Waals surface area contributed by atoms with Crippen LogP contribution in [-0.4, -0.2) is 36.6 Å². The standard InChI is InChI=1S/C16H18N2O3/c1-10(13-7-17-8-13)15(19)18-9-12(16(20)21)6-11-4-2-3-5-14(11)18/h2-5,12,17H,6-9H2,1H3,(H,20,21). The van der Waals surface area contributed by atoms with Crippen LogP contribution in [0.15, 0.2) is 35.4 Å². The van der Waals surface area contributed by atoms with Gasteiger partial charge in [-0.05, 0) is 30.5 Å². The van der Waals surface area contributed by atoms with E-state index in [2.05, 4.69) is 5.32 Å². The maximum absolute atomic E-state index is 12.7. The van der Waals surface area contributed by atoms with Crippen LogP contribution in [0.1, 0.15) is 12.5 Å². The van der Waals surface area contributed by atoms with Gasteiger partial charge in [-0.2, -0.15) is 0 Å².